The Bertz CT molecular complexity index is 1900. The molecule has 13 nitrogen and oxygen atoms in total. The maximum absolute atomic E-state index is 13.8. The average Bonchev–Trinajstić information content (AvgIpc) is 3.65. The summed E-state index contributed by atoms with van der Waals surface area (Å²) in [4.78, 5) is 82.3. The molecule has 4 fully saturated rings. The van der Waals surface area contributed by atoms with E-state index < -0.39 is 29.6 Å². The van der Waals surface area contributed by atoms with Gasteiger partial charge in [0, 0.05) is 46.6 Å². The predicted octanol–water partition coefficient (Wildman–Crippen LogP) is 11.5. The van der Waals surface area contributed by atoms with Crippen molar-refractivity contribution in [1.82, 2.24) is 15.1 Å². The molecule has 4 aliphatic rings. The van der Waals surface area contributed by atoms with E-state index in [4.69, 9.17) is 15.2 Å². The van der Waals surface area contributed by atoms with E-state index in [1.54, 1.807) is 15.9 Å². The number of likely N-dealkylation sites (tertiary alicyclic amines) is 2. The Morgan fingerprint density at radius 2 is 1.05 bits per heavy atom. The first kappa shape index (κ1) is 72.8. The summed E-state index contributed by atoms with van der Waals surface area (Å²) >= 11 is 3.73. The largest absolute Gasteiger partial charge is 0.467 e. The third kappa shape index (κ3) is 19.9. The summed E-state index contributed by atoms with van der Waals surface area (Å²) in [6.45, 7) is 47.4. The highest BCUT2D eigenvalue weighted by Gasteiger charge is 2.71. The van der Waals surface area contributed by atoms with Crippen molar-refractivity contribution in [2.75, 3.05) is 38.8 Å². The van der Waals surface area contributed by atoms with Gasteiger partial charge in [0.2, 0.25) is 23.8 Å². The molecular formula is C57H108ClN5O8S2. The summed E-state index contributed by atoms with van der Waals surface area (Å²) in [6.07, 6.45) is 3.95. The number of thioether (sulfide) groups is 2. The molecule has 3 N–H and O–H groups in total. The van der Waals surface area contributed by atoms with Gasteiger partial charge in [-0.25, -0.2) is 14.4 Å². The van der Waals surface area contributed by atoms with Crippen LogP contribution in [-0.4, -0.2) is 124 Å². The Hall–Kier alpha value is -2.32. The van der Waals surface area contributed by atoms with Gasteiger partial charge >= 0.3 is 11.9 Å². The number of hydrogen-bond donors (Lipinski definition) is 2. The summed E-state index contributed by atoms with van der Waals surface area (Å²) in [5, 5.41) is 3.10. The maximum Gasteiger partial charge on any atom is 0.328 e. The fourth-order valence-corrected chi connectivity index (χ4v) is 12.8. The number of nitrogens with two attached hydrogens (primary N) is 1. The van der Waals surface area contributed by atoms with Crippen molar-refractivity contribution in [3.8, 4) is 0 Å². The number of carbonyl (C=O) groups is 5. The highest BCUT2D eigenvalue weighted by Crippen LogP contribution is 2.66. The fraction of sp³-hybridized carbons (Fsp3) is 0.895. The number of halogens is 1. The molecule has 73 heavy (non-hydrogen) atoms. The molecule has 16 heteroatoms. The van der Waals surface area contributed by atoms with Crippen LogP contribution >= 0.6 is 35.9 Å². The minimum atomic E-state index is -0.707. The number of ether oxygens (including phenoxy) is 2. The highest BCUT2D eigenvalue weighted by molar-refractivity contribution is 8.00. The molecule has 428 valence electrons. The van der Waals surface area contributed by atoms with E-state index >= 15 is 0 Å². The molecule has 0 radical (unpaired) electrons. The second kappa shape index (κ2) is 26.8. The van der Waals surface area contributed by atoms with Gasteiger partial charge in [-0.2, -0.15) is 28.5 Å². The van der Waals surface area contributed by atoms with Crippen molar-refractivity contribution < 1.29 is 38.2 Å². The molecule has 0 bridgehead atoms. The molecule has 0 aromatic rings. The fourth-order valence-electron chi connectivity index (χ4n) is 10.8. The molecule has 0 aromatic carbocycles. The number of fused-ring (bicyclic) bond motifs is 2. The van der Waals surface area contributed by atoms with Crippen LogP contribution in [0.5, 0.6) is 0 Å². The quantitative estimate of drug-likeness (QED) is 0.0854. The van der Waals surface area contributed by atoms with Gasteiger partial charge in [-0.05, 0) is 76.3 Å². The molecule has 10 atom stereocenters. The van der Waals surface area contributed by atoms with Gasteiger partial charge in [-0.15, -0.1) is 12.4 Å². The Balaban J connectivity index is 0. The number of aliphatic imine (C=N–C) groups is 1. The van der Waals surface area contributed by atoms with E-state index in [1.807, 2.05) is 72.0 Å². The van der Waals surface area contributed by atoms with E-state index in [0.29, 0.717) is 37.3 Å². The topological polar surface area (TPSA) is 178 Å². The van der Waals surface area contributed by atoms with Crippen LogP contribution in [0.3, 0.4) is 0 Å². The molecule has 2 saturated carbocycles. The molecule has 2 aliphatic carbocycles. The molecule has 2 aliphatic heterocycles. The van der Waals surface area contributed by atoms with Gasteiger partial charge in [-0.3, -0.25) is 14.4 Å². The molecule has 2 saturated heterocycles. The van der Waals surface area contributed by atoms with E-state index in [9.17, 15) is 28.8 Å². The van der Waals surface area contributed by atoms with Gasteiger partial charge < -0.3 is 30.3 Å². The number of methoxy groups -OCH3 is 2. The van der Waals surface area contributed by atoms with Crippen LogP contribution in [0.4, 0.5) is 0 Å². The van der Waals surface area contributed by atoms with E-state index in [0.717, 1.165) is 24.3 Å². The van der Waals surface area contributed by atoms with Crippen LogP contribution in [0.2, 0.25) is 0 Å². The Morgan fingerprint density at radius 3 is 1.38 bits per heavy atom. The summed E-state index contributed by atoms with van der Waals surface area (Å²) in [5.41, 5.74) is 4.96. The Kier molecular flexibility index (Phi) is 26.7. The molecule has 0 aromatic heterocycles. The summed E-state index contributed by atoms with van der Waals surface area (Å²) in [5.74, 6) is 2.64. The number of isocyanates is 1. The van der Waals surface area contributed by atoms with Crippen LogP contribution in [0.15, 0.2) is 4.99 Å². The van der Waals surface area contributed by atoms with Crippen molar-refractivity contribution in [2.24, 2.45) is 73.3 Å². The van der Waals surface area contributed by atoms with Crippen molar-refractivity contribution in [2.45, 2.75) is 226 Å². The minimum Gasteiger partial charge on any atom is -0.467 e. The summed E-state index contributed by atoms with van der Waals surface area (Å²) in [7, 11) is 2.75. The normalized spacial score (nSPS) is 24.7. The van der Waals surface area contributed by atoms with Crippen LogP contribution < -0.4 is 11.1 Å². The van der Waals surface area contributed by atoms with E-state index in [2.05, 4.69) is 114 Å². The second-order valence-corrected chi connectivity index (χ2v) is 31.3. The zero-order valence-electron chi connectivity index (χ0n) is 48.6. The number of esters is 2. The molecular weight excluding hydrogens is 982 g/mol. The lowest BCUT2D eigenvalue weighted by Gasteiger charge is -2.38. The summed E-state index contributed by atoms with van der Waals surface area (Å²) < 4.78 is 10.3. The van der Waals surface area contributed by atoms with Crippen LogP contribution in [0.25, 0.3) is 0 Å². The van der Waals surface area contributed by atoms with Crippen LogP contribution in [-0.2, 0) is 38.2 Å². The van der Waals surface area contributed by atoms with Gasteiger partial charge in [0.1, 0.15) is 18.1 Å². The van der Waals surface area contributed by atoms with Gasteiger partial charge in [0.15, 0.2) is 0 Å². The Labute approximate surface area is 460 Å². The number of hydrogen-bond acceptors (Lipinski definition) is 12. The van der Waals surface area contributed by atoms with Gasteiger partial charge in [0.05, 0.1) is 25.8 Å². The summed E-state index contributed by atoms with van der Waals surface area (Å²) in [6, 6.07) is -2.36. The number of nitrogens with zero attached hydrogens (tertiary/aromatic N) is 3. The van der Waals surface area contributed by atoms with Gasteiger partial charge in [-0.1, -0.05) is 160 Å². The number of amides is 3. The molecule has 0 spiro atoms. The van der Waals surface area contributed by atoms with Gasteiger partial charge in [0.25, 0.3) is 0 Å². The lowest BCUT2D eigenvalue weighted by Crippen LogP contribution is -2.58. The molecule has 4 rings (SSSR count). The lowest BCUT2D eigenvalue weighted by atomic mass is 9.80. The second-order valence-electron chi connectivity index (χ2n) is 27.7. The Morgan fingerprint density at radius 1 is 0.671 bits per heavy atom. The van der Waals surface area contributed by atoms with Crippen LogP contribution in [0.1, 0.15) is 186 Å². The average molecular weight is 1090 g/mol. The van der Waals surface area contributed by atoms with E-state index in [1.165, 1.54) is 14.2 Å². The van der Waals surface area contributed by atoms with Crippen molar-refractivity contribution >= 4 is 71.7 Å². The first-order valence-electron chi connectivity index (χ1n) is 25.6. The third-order valence-electron chi connectivity index (χ3n) is 14.8. The smallest absolute Gasteiger partial charge is 0.328 e. The number of nitrogens with one attached hydrogen (secondary N) is 1. The monoisotopic (exact) mass is 1090 g/mol. The minimum absolute atomic E-state index is 0. The zero-order valence-corrected chi connectivity index (χ0v) is 51.1. The SMILES string of the molecule is C.C.CC(C)C[C@@](C)(CSC(C)(C)C)N=C=O.COC(=O)[C@@H]1C2[C@H](CN1C(=O)[C@@H](NC(=O)C[C@](C)(CSC(C)(C)C)CC(C)C)C(C)(C)C)C2(C)C.COC(=O)[C@@H]1[C@@H]2[C@H](CN1C(=O)[C@@H](N)C(C)(C)C)C2(C)C.Cl. The molecule has 3 amide bonds. The number of rotatable bonds is 16. The lowest BCUT2D eigenvalue weighted by molar-refractivity contribution is -0.155. The zero-order chi connectivity index (χ0) is 54.7. The first-order chi connectivity index (χ1) is 31.4. The highest BCUT2D eigenvalue weighted by atomic mass is 35.5. The predicted molar refractivity (Wildman–Crippen MR) is 309 cm³/mol. The van der Waals surface area contributed by atoms with Crippen LogP contribution in [0, 0.1) is 62.6 Å². The maximum atomic E-state index is 13.8. The standard InChI is InChI=1S/C28H50N2O4S.C15H26N2O3.C12H23NOS.2CH4.ClH/c1-17(2)13-28(11,16-35-26(6,7)8)14-19(31)29-22(25(3,4)5)23(32)30-15-18-20(27(18,9)10)21(30)24(33)34-12;1-14(2,3)11(16)12(18)17-7-8-9(15(8,4)5)10(17)13(19)20-6;1-10(2)7-12(6,13-9-14)8-15-11(3,4)5;;;/h17-18,20-22H,13-16H2,1-12H3,(H,29,31);8-11H,7,16H2,1-6H3;10H,7-8H2,1-6H3;2*1H4;1H/t18-,20?,21-,22+,28+;8-,9-,10-,11+;12-;;;/m000.../s1. The van der Waals surface area contributed by atoms with E-state index in [-0.39, 0.29) is 111 Å². The first-order valence-corrected chi connectivity index (χ1v) is 27.6. The number of piperidine rings is 2. The number of carbonyl (C=O) groups excluding carboxylic acids is 6. The van der Waals surface area contributed by atoms with Crippen molar-refractivity contribution in [3.05, 3.63) is 0 Å². The van der Waals surface area contributed by atoms with Crippen molar-refractivity contribution in [3.63, 3.8) is 0 Å². The molecule has 1 unspecified atom stereocenters. The third-order valence-corrected chi connectivity index (χ3v) is 18.1. The van der Waals surface area contributed by atoms with Crippen molar-refractivity contribution in [1.29, 1.82) is 0 Å². The molecule has 2 heterocycles.